The van der Waals surface area contributed by atoms with Crippen molar-refractivity contribution in [3.63, 3.8) is 0 Å². The molecule has 1 rings (SSSR count). The van der Waals surface area contributed by atoms with Gasteiger partial charge in [-0.05, 0) is 12.3 Å². The van der Waals surface area contributed by atoms with Crippen LogP contribution >= 0.6 is 0 Å². The number of ether oxygens (including phenoxy) is 1. The normalized spacial score (nSPS) is 16.8. The molecule has 0 aliphatic heterocycles. The molecule has 1 saturated carbocycles. The number of aliphatic carboxylic acids is 1. The van der Waals surface area contributed by atoms with Crippen molar-refractivity contribution in [1.82, 2.24) is 4.31 Å². The summed E-state index contributed by atoms with van der Waals surface area (Å²) in [4.78, 5) is 10.7. The molecule has 0 aromatic carbocycles. The first-order valence-corrected chi connectivity index (χ1v) is 7.75. The van der Waals surface area contributed by atoms with E-state index in [0.717, 1.165) is 17.1 Å². The van der Waals surface area contributed by atoms with E-state index in [2.05, 4.69) is 0 Å². The minimum atomic E-state index is -3.49. The number of carboxylic acid groups (broad SMARTS) is 1. The van der Waals surface area contributed by atoms with Crippen LogP contribution in [0.3, 0.4) is 0 Å². The highest BCUT2D eigenvalue weighted by Gasteiger charge is 2.26. The molecule has 0 aromatic rings. The van der Waals surface area contributed by atoms with Crippen LogP contribution in [0.2, 0.25) is 0 Å². The average Bonchev–Trinajstić information content (AvgIpc) is 2.21. The van der Waals surface area contributed by atoms with Crippen molar-refractivity contribution in [3.05, 3.63) is 0 Å². The van der Waals surface area contributed by atoms with Crippen LogP contribution in [0, 0.1) is 5.92 Å². The van der Waals surface area contributed by atoms with Crippen LogP contribution in [-0.4, -0.2) is 56.4 Å². The third-order valence-electron chi connectivity index (χ3n) is 3.26. The zero-order valence-corrected chi connectivity index (χ0v) is 11.5. The second-order valence-corrected chi connectivity index (χ2v) is 6.71. The van der Waals surface area contributed by atoms with Crippen LogP contribution in [0.4, 0.5) is 0 Å². The van der Waals surface area contributed by atoms with Gasteiger partial charge in [-0.1, -0.05) is 19.3 Å². The van der Waals surface area contributed by atoms with E-state index in [9.17, 15) is 13.2 Å². The van der Waals surface area contributed by atoms with E-state index in [-0.39, 0.29) is 18.9 Å². The Morgan fingerprint density at radius 1 is 1.44 bits per heavy atom. The van der Waals surface area contributed by atoms with Crippen LogP contribution in [-0.2, 0) is 19.6 Å². The Balaban J connectivity index is 2.52. The second kappa shape index (κ2) is 7.06. The molecule has 0 radical (unpaired) electrons. The standard InChI is InChI=1S/C11H21NO5S/c1-17-7-6-12(9-11(13)14)18(15,16)8-5-10-3-2-4-10/h10H,2-9H2,1H3,(H,13,14). The first-order valence-electron chi connectivity index (χ1n) is 6.14. The Labute approximate surface area is 108 Å². The lowest BCUT2D eigenvalue weighted by Crippen LogP contribution is -2.39. The Kier molecular flexibility index (Phi) is 6.04. The van der Waals surface area contributed by atoms with Gasteiger partial charge in [-0.15, -0.1) is 0 Å². The zero-order valence-electron chi connectivity index (χ0n) is 10.7. The molecular weight excluding hydrogens is 258 g/mol. The highest BCUT2D eigenvalue weighted by Crippen LogP contribution is 2.29. The van der Waals surface area contributed by atoms with Crippen LogP contribution in [0.1, 0.15) is 25.7 Å². The number of carboxylic acids is 1. The van der Waals surface area contributed by atoms with E-state index in [0.29, 0.717) is 12.3 Å². The quantitative estimate of drug-likeness (QED) is 0.666. The lowest BCUT2D eigenvalue weighted by Gasteiger charge is -2.26. The van der Waals surface area contributed by atoms with Gasteiger partial charge in [-0.3, -0.25) is 4.79 Å². The number of carbonyl (C=O) groups is 1. The average molecular weight is 279 g/mol. The van der Waals surface area contributed by atoms with Gasteiger partial charge >= 0.3 is 5.97 Å². The number of methoxy groups -OCH3 is 1. The molecule has 1 aliphatic carbocycles. The molecule has 0 saturated heterocycles. The molecule has 106 valence electrons. The van der Waals surface area contributed by atoms with Crippen molar-refractivity contribution in [3.8, 4) is 0 Å². The summed E-state index contributed by atoms with van der Waals surface area (Å²) in [5.74, 6) is -0.610. The maximum atomic E-state index is 12.0. The van der Waals surface area contributed by atoms with Gasteiger partial charge in [-0.25, -0.2) is 8.42 Å². The van der Waals surface area contributed by atoms with E-state index < -0.39 is 22.5 Å². The third kappa shape index (κ3) is 4.91. The van der Waals surface area contributed by atoms with E-state index in [1.54, 1.807) is 0 Å². The van der Waals surface area contributed by atoms with E-state index in [4.69, 9.17) is 9.84 Å². The van der Waals surface area contributed by atoms with E-state index >= 15 is 0 Å². The molecule has 0 spiro atoms. The van der Waals surface area contributed by atoms with E-state index in [1.165, 1.54) is 13.5 Å². The smallest absolute Gasteiger partial charge is 0.318 e. The molecule has 0 bridgehead atoms. The van der Waals surface area contributed by atoms with Crippen molar-refractivity contribution < 1.29 is 23.1 Å². The molecule has 0 atom stereocenters. The predicted octanol–water partition coefficient (Wildman–Crippen LogP) is 0.539. The van der Waals surface area contributed by atoms with Gasteiger partial charge in [-0.2, -0.15) is 4.31 Å². The van der Waals surface area contributed by atoms with Crippen LogP contribution < -0.4 is 0 Å². The predicted molar refractivity (Wildman–Crippen MR) is 66.8 cm³/mol. The lowest BCUT2D eigenvalue weighted by atomic mass is 9.84. The molecule has 0 heterocycles. The largest absolute Gasteiger partial charge is 0.480 e. The Morgan fingerprint density at radius 3 is 2.56 bits per heavy atom. The van der Waals surface area contributed by atoms with Crippen LogP contribution in [0.5, 0.6) is 0 Å². The number of sulfonamides is 1. The van der Waals surface area contributed by atoms with Gasteiger partial charge in [0, 0.05) is 13.7 Å². The van der Waals surface area contributed by atoms with Gasteiger partial charge in [0.15, 0.2) is 0 Å². The topological polar surface area (TPSA) is 83.9 Å². The van der Waals surface area contributed by atoms with Gasteiger partial charge in [0.05, 0.1) is 12.4 Å². The van der Waals surface area contributed by atoms with Gasteiger partial charge < -0.3 is 9.84 Å². The van der Waals surface area contributed by atoms with Crippen molar-refractivity contribution in [2.24, 2.45) is 5.92 Å². The first-order chi connectivity index (χ1) is 8.45. The summed E-state index contributed by atoms with van der Waals surface area (Å²) in [6.07, 6.45) is 3.98. The fraction of sp³-hybridized carbons (Fsp3) is 0.909. The Morgan fingerprint density at radius 2 is 2.11 bits per heavy atom. The molecule has 1 fully saturated rings. The minimum Gasteiger partial charge on any atom is -0.480 e. The lowest BCUT2D eigenvalue weighted by molar-refractivity contribution is -0.137. The molecule has 1 N–H and O–H groups in total. The molecule has 7 heteroatoms. The molecule has 0 aromatic heterocycles. The number of hydrogen-bond donors (Lipinski definition) is 1. The minimum absolute atomic E-state index is 0.0364. The maximum Gasteiger partial charge on any atom is 0.318 e. The molecule has 0 unspecified atom stereocenters. The van der Waals surface area contributed by atoms with Gasteiger partial charge in [0.2, 0.25) is 10.0 Å². The highest BCUT2D eigenvalue weighted by atomic mass is 32.2. The SMILES string of the molecule is COCCN(CC(=O)O)S(=O)(=O)CCC1CCC1. The maximum absolute atomic E-state index is 12.0. The Hall–Kier alpha value is -0.660. The monoisotopic (exact) mass is 279 g/mol. The molecule has 0 amide bonds. The summed E-state index contributed by atoms with van der Waals surface area (Å²) < 4.78 is 29.9. The summed E-state index contributed by atoms with van der Waals surface area (Å²) in [6.45, 7) is -0.192. The molecule has 18 heavy (non-hydrogen) atoms. The van der Waals surface area contributed by atoms with Crippen molar-refractivity contribution in [2.75, 3.05) is 32.6 Å². The highest BCUT2D eigenvalue weighted by molar-refractivity contribution is 7.89. The van der Waals surface area contributed by atoms with Crippen molar-refractivity contribution >= 4 is 16.0 Å². The van der Waals surface area contributed by atoms with Crippen LogP contribution in [0.15, 0.2) is 0 Å². The fourth-order valence-corrected chi connectivity index (χ4v) is 3.44. The molecule has 1 aliphatic rings. The second-order valence-electron chi connectivity index (χ2n) is 4.62. The van der Waals surface area contributed by atoms with Gasteiger partial charge in [0.25, 0.3) is 0 Å². The van der Waals surface area contributed by atoms with E-state index in [1.807, 2.05) is 0 Å². The van der Waals surface area contributed by atoms with Crippen LogP contribution in [0.25, 0.3) is 0 Å². The fourth-order valence-electron chi connectivity index (χ4n) is 1.89. The zero-order chi connectivity index (χ0) is 13.6. The summed E-state index contributed by atoms with van der Waals surface area (Å²) in [6, 6.07) is 0. The number of rotatable bonds is 9. The van der Waals surface area contributed by atoms with Crippen molar-refractivity contribution in [2.45, 2.75) is 25.7 Å². The summed E-state index contributed by atoms with van der Waals surface area (Å²) in [7, 11) is -2.03. The number of hydrogen-bond acceptors (Lipinski definition) is 4. The summed E-state index contributed by atoms with van der Waals surface area (Å²) in [5, 5.41) is 8.73. The third-order valence-corrected chi connectivity index (χ3v) is 5.11. The number of nitrogens with zero attached hydrogens (tertiary/aromatic N) is 1. The van der Waals surface area contributed by atoms with Gasteiger partial charge in [0.1, 0.15) is 6.54 Å². The first kappa shape index (κ1) is 15.4. The molecule has 6 nitrogen and oxygen atoms in total. The molecular formula is C11H21NO5S. The summed E-state index contributed by atoms with van der Waals surface area (Å²) in [5.41, 5.74) is 0. The van der Waals surface area contributed by atoms with Crippen molar-refractivity contribution in [1.29, 1.82) is 0 Å². The summed E-state index contributed by atoms with van der Waals surface area (Å²) >= 11 is 0. The Bertz CT molecular complexity index is 364.